The first-order valence-electron chi connectivity index (χ1n) is 14.2. The van der Waals surface area contributed by atoms with E-state index in [1.54, 1.807) is 31.5 Å². The van der Waals surface area contributed by atoms with Gasteiger partial charge in [0, 0.05) is 50.5 Å². The summed E-state index contributed by atoms with van der Waals surface area (Å²) in [5, 5.41) is 12.6. The minimum Gasteiger partial charge on any atom is -0.465 e. The SMILES string of the molecule is CO[C@@H]1C[C@H](c2ccc(-c3cn4c(n3)sc3cc(C(=O)NCCCN5CCC(F)CC5)ccc34)c(F)c2)N(C(=O)O)C1. The number of nitrogens with zero attached hydrogens (tertiary/aromatic N) is 4. The summed E-state index contributed by atoms with van der Waals surface area (Å²) in [7, 11) is 1.55. The first-order chi connectivity index (χ1) is 20.3. The minimum atomic E-state index is -1.06. The van der Waals surface area contributed by atoms with Gasteiger partial charge in [-0.1, -0.05) is 17.4 Å². The zero-order valence-electron chi connectivity index (χ0n) is 23.3. The van der Waals surface area contributed by atoms with Gasteiger partial charge in [0.25, 0.3) is 5.91 Å². The van der Waals surface area contributed by atoms with E-state index < -0.39 is 24.1 Å². The van der Waals surface area contributed by atoms with E-state index >= 15 is 4.39 Å². The number of rotatable bonds is 8. The molecule has 4 heterocycles. The van der Waals surface area contributed by atoms with Crippen LogP contribution in [0.5, 0.6) is 0 Å². The number of alkyl halides is 1. The molecule has 222 valence electrons. The zero-order valence-corrected chi connectivity index (χ0v) is 24.1. The number of aromatic nitrogens is 2. The lowest BCUT2D eigenvalue weighted by molar-refractivity contribution is 0.0949. The van der Waals surface area contributed by atoms with E-state index in [4.69, 9.17) is 4.74 Å². The van der Waals surface area contributed by atoms with Crippen LogP contribution in [0.3, 0.4) is 0 Å². The number of benzene rings is 2. The molecular weight excluding hydrogens is 564 g/mol. The number of carboxylic acid groups (broad SMARTS) is 1. The Morgan fingerprint density at radius 3 is 2.74 bits per heavy atom. The lowest BCUT2D eigenvalue weighted by Gasteiger charge is -2.28. The molecule has 12 heteroatoms. The van der Waals surface area contributed by atoms with E-state index in [0.717, 1.165) is 36.3 Å². The normalized spacial score (nSPS) is 20.1. The second kappa shape index (κ2) is 11.9. The third-order valence-electron chi connectivity index (χ3n) is 8.31. The molecule has 0 spiro atoms. The van der Waals surface area contributed by atoms with Crippen molar-refractivity contribution in [3.8, 4) is 11.3 Å². The van der Waals surface area contributed by atoms with Crippen LogP contribution in [0.1, 0.15) is 47.6 Å². The molecule has 0 unspecified atom stereocenters. The van der Waals surface area contributed by atoms with Crippen LogP contribution in [0.4, 0.5) is 13.6 Å². The van der Waals surface area contributed by atoms with Crippen molar-refractivity contribution in [2.45, 2.75) is 44.0 Å². The summed E-state index contributed by atoms with van der Waals surface area (Å²) in [5.74, 6) is -0.617. The molecule has 2 saturated heterocycles. The van der Waals surface area contributed by atoms with Crippen molar-refractivity contribution in [3.05, 3.63) is 59.5 Å². The second-order valence-electron chi connectivity index (χ2n) is 11.0. The Morgan fingerprint density at radius 2 is 2.00 bits per heavy atom. The summed E-state index contributed by atoms with van der Waals surface area (Å²) in [6.07, 6.45) is 2.25. The predicted octanol–water partition coefficient (Wildman–Crippen LogP) is 5.35. The van der Waals surface area contributed by atoms with Gasteiger partial charge in [0.05, 0.1) is 34.6 Å². The van der Waals surface area contributed by atoms with Gasteiger partial charge in [0.2, 0.25) is 0 Å². The smallest absolute Gasteiger partial charge is 0.407 e. The van der Waals surface area contributed by atoms with Crippen LogP contribution in [0, 0.1) is 5.82 Å². The quantitative estimate of drug-likeness (QED) is 0.266. The lowest BCUT2D eigenvalue weighted by Crippen LogP contribution is -2.36. The topological polar surface area (TPSA) is 99.4 Å². The van der Waals surface area contributed by atoms with Crippen molar-refractivity contribution in [2.75, 3.05) is 39.8 Å². The number of carbonyl (C=O) groups excluding carboxylic acids is 1. The Bertz CT molecular complexity index is 1620. The highest BCUT2D eigenvalue weighted by Gasteiger charge is 2.36. The van der Waals surface area contributed by atoms with Crippen LogP contribution in [0.25, 0.3) is 26.4 Å². The molecule has 0 aliphatic carbocycles. The Labute approximate surface area is 245 Å². The summed E-state index contributed by atoms with van der Waals surface area (Å²) in [6.45, 7) is 3.18. The van der Waals surface area contributed by atoms with E-state index in [9.17, 15) is 19.1 Å². The number of fused-ring (bicyclic) bond motifs is 3. The third-order valence-corrected chi connectivity index (χ3v) is 9.32. The summed E-state index contributed by atoms with van der Waals surface area (Å²) in [5.41, 5.74) is 2.81. The Hall–Kier alpha value is -3.61. The average molecular weight is 598 g/mol. The molecular formula is C30H33F2N5O4S. The van der Waals surface area contributed by atoms with Gasteiger partial charge < -0.3 is 20.1 Å². The number of imidazole rings is 1. The lowest BCUT2D eigenvalue weighted by atomic mass is 10.0. The molecule has 6 rings (SSSR count). The van der Waals surface area contributed by atoms with Crippen LogP contribution in [-0.4, -0.2) is 88.4 Å². The van der Waals surface area contributed by atoms with Crippen LogP contribution in [0.15, 0.2) is 42.6 Å². The maximum Gasteiger partial charge on any atom is 0.407 e. The molecule has 42 heavy (non-hydrogen) atoms. The number of methoxy groups -OCH3 is 1. The predicted molar refractivity (Wildman–Crippen MR) is 156 cm³/mol. The summed E-state index contributed by atoms with van der Waals surface area (Å²) in [6, 6.07) is 9.78. The van der Waals surface area contributed by atoms with E-state index in [0.29, 0.717) is 53.2 Å². The largest absolute Gasteiger partial charge is 0.465 e. The van der Waals surface area contributed by atoms with Gasteiger partial charge in [0.15, 0.2) is 4.96 Å². The van der Waals surface area contributed by atoms with E-state index in [1.165, 1.54) is 22.3 Å². The summed E-state index contributed by atoms with van der Waals surface area (Å²) >= 11 is 1.42. The van der Waals surface area contributed by atoms with Crippen molar-refractivity contribution in [1.29, 1.82) is 0 Å². The fraction of sp³-hybridized carbons (Fsp3) is 0.433. The van der Waals surface area contributed by atoms with Crippen molar-refractivity contribution in [1.82, 2.24) is 24.5 Å². The molecule has 4 aromatic rings. The van der Waals surface area contributed by atoms with Crippen molar-refractivity contribution < 1.29 is 28.2 Å². The highest BCUT2D eigenvalue weighted by Crippen LogP contribution is 2.36. The van der Waals surface area contributed by atoms with Gasteiger partial charge in [0.1, 0.15) is 12.0 Å². The number of hydrogen-bond donors (Lipinski definition) is 2. The number of ether oxygens (including phenoxy) is 1. The summed E-state index contributed by atoms with van der Waals surface area (Å²) in [4.78, 5) is 33.3. The fourth-order valence-corrected chi connectivity index (χ4v) is 6.99. The molecule has 2 aromatic carbocycles. The highest BCUT2D eigenvalue weighted by atomic mass is 32.1. The van der Waals surface area contributed by atoms with Crippen LogP contribution < -0.4 is 5.32 Å². The van der Waals surface area contributed by atoms with Gasteiger partial charge in [-0.05, 0) is 61.7 Å². The molecule has 2 amide bonds. The molecule has 2 N–H and O–H groups in total. The Kier molecular flexibility index (Phi) is 8.11. The molecule has 2 aliphatic heterocycles. The number of nitrogens with one attached hydrogen (secondary N) is 1. The Morgan fingerprint density at radius 1 is 1.19 bits per heavy atom. The van der Waals surface area contributed by atoms with Crippen LogP contribution >= 0.6 is 11.3 Å². The van der Waals surface area contributed by atoms with E-state index in [-0.39, 0.29) is 18.6 Å². The number of halogens is 2. The number of amides is 2. The maximum absolute atomic E-state index is 15.3. The first-order valence-corrected chi connectivity index (χ1v) is 15.0. The van der Waals surface area contributed by atoms with E-state index in [1.807, 2.05) is 16.5 Å². The third kappa shape index (κ3) is 5.70. The molecule has 2 aliphatic rings. The van der Waals surface area contributed by atoms with Crippen molar-refractivity contribution >= 4 is 38.5 Å². The second-order valence-corrected chi connectivity index (χ2v) is 12.0. The van der Waals surface area contributed by atoms with Crippen LogP contribution in [-0.2, 0) is 4.74 Å². The van der Waals surface area contributed by atoms with Crippen LogP contribution in [0.2, 0.25) is 0 Å². The highest BCUT2D eigenvalue weighted by molar-refractivity contribution is 7.23. The average Bonchev–Trinajstić information content (AvgIpc) is 3.69. The van der Waals surface area contributed by atoms with Gasteiger partial charge in [-0.25, -0.2) is 18.6 Å². The summed E-state index contributed by atoms with van der Waals surface area (Å²) < 4.78 is 36.8. The standard InChI is InChI=1S/C30H33F2N5O4S/c1-41-21-15-26(37(16-21)30(39)40)18-3-5-22(23(32)13-18)24-17-36-25-6-4-19(14-27(25)42-29(36)34-24)28(38)33-9-2-10-35-11-7-20(31)8-12-35/h3-6,13-14,17,20-21,26H,2,7-12,15-16H2,1H3,(H,33,38)(H,39,40)/t21-,26-/m1/s1. The van der Waals surface area contributed by atoms with E-state index in [2.05, 4.69) is 15.2 Å². The van der Waals surface area contributed by atoms with Gasteiger partial charge in [-0.2, -0.15) is 0 Å². The molecule has 2 atom stereocenters. The monoisotopic (exact) mass is 597 g/mol. The number of thiazole rings is 1. The molecule has 2 fully saturated rings. The number of hydrogen-bond acceptors (Lipinski definition) is 6. The van der Waals surface area contributed by atoms with Gasteiger partial charge in [-0.15, -0.1) is 0 Å². The number of piperidine rings is 1. The Balaban J connectivity index is 1.13. The molecule has 0 radical (unpaired) electrons. The first kappa shape index (κ1) is 28.5. The fourth-order valence-electron chi connectivity index (χ4n) is 5.95. The zero-order chi connectivity index (χ0) is 29.4. The number of likely N-dealkylation sites (tertiary alicyclic amines) is 2. The number of carbonyl (C=O) groups is 2. The maximum atomic E-state index is 15.3. The van der Waals surface area contributed by atoms with Crippen molar-refractivity contribution in [2.24, 2.45) is 0 Å². The van der Waals surface area contributed by atoms with Gasteiger partial charge in [-0.3, -0.25) is 14.1 Å². The van der Waals surface area contributed by atoms with Gasteiger partial charge >= 0.3 is 6.09 Å². The minimum absolute atomic E-state index is 0.145. The van der Waals surface area contributed by atoms with Crippen molar-refractivity contribution in [3.63, 3.8) is 0 Å². The molecule has 9 nitrogen and oxygen atoms in total. The molecule has 0 saturated carbocycles. The molecule has 2 aromatic heterocycles. The molecule has 0 bridgehead atoms.